The maximum Gasteiger partial charge on any atom is 0.291 e. The third-order valence-corrected chi connectivity index (χ3v) is 5.39. The first-order valence-corrected chi connectivity index (χ1v) is 10.4. The summed E-state index contributed by atoms with van der Waals surface area (Å²) in [5, 5.41) is 0.497. The lowest BCUT2D eigenvalue weighted by Crippen LogP contribution is -3.06. The Kier molecular flexibility index (Phi) is 5.59. The molecule has 0 fully saturated rings. The van der Waals surface area contributed by atoms with E-state index in [9.17, 15) is 9.59 Å². The molecule has 0 unspecified atom stereocenters. The van der Waals surface area contributed by atoms with Crippen molar-refractivity contribution in [2.24, 2.45) is 0 Å². The minimum atomic E-state index is -0.465. The summed E-state index contributed by atoms with van der Waals surface area (Å²) in [6, 6.07) is 14.3. The highest BCUT2D eigenvalue weighted by molar-refractivity contribution is 5.99. The van der Waals surface area contributed by atoms with Crippen LogP contribution in [0.2, 0.25) is 0 Å². The summed E-state index contributed by atoms with van der Waals surface area (Å²) in [4.78, 5) is 29.6. The Labute approximate surface area is 175 Å². The highest BCUT2D eigenvalue weighted by Gasteiger charge is 2.42. The molecule has 0 spiro atoms. The topological polar surface area (TPSA) is 64.2 Å². The van der Waals surface area contributed by atoms with Crippen LogP contribution in [0.15, 0.2) is 57.7 Å². The van der Waals surface area contributed by atoms with Crippen LogP contribution in [0.1, 0.15) is 41.1 Å². The fourth-order valence-electron chi connectivity index (χ4n) is 3.85. The van der Waals surface area contributed by atoms with Gasteiger partial charge in [0.15, 0.2) is 5.43 Å². The standard InChI is InChI=1S/C24H26N2O4/c1-4-15-29-17-11-9-16(10-12-17)21-20-22(27)18-7-5-6-8-19(18)30-23(20)24(28)26(21)14-13-25(2)3/h5-12,21H,4,13-15H2,1-3H3/p+1/t21-/m1/s1. The zero-order valence-corrected chi connectivity index (χ0v) is 17.6. The summed E-state index contributed by atoms with van der Waals surface area (Å²) in [7, 11) is 4.08. The smallest absolute Gasteiger partial charge is 0.291 e. The molecule has 0 radical (unpaired) electrons. The van der Waals surface area contributed by atoms with Gasteiger partial charge in [-0.1, -0.05) is 31.2 Å². The molecule has 1 N–H and O–H groups in total. The van der Waals surface area contributed by atoms with Gasteiger partial charge in [-0.15, -0.1) is 0 Å². The predicted octanol–water partition coefficient (Wildman–Crippen LogP) is 2.27. The van der Waals surface area contributed by atoms with Crippen LogP contribution in [-0.2, 0) is 0 Å². The molecule has 1 atom stereocenters. The molecule has 1 aliphatic rings. The number of fused-ring (bicyclic) bond motifs is 2. The molecule has 0 bridgehead atoms. The monoisotopic (exact) mass is 407 g/mol. The van der Waals surface area contributed by atoms with Crippen LogP contribution in [0.4, 0.5) is 0 Å². The van der Waals surface area contributed by atoms with E-state index in [1.165, 1.54) is 4.90 Å². The summed E-state index contributed by atoms with van der Waals surface area (Å²) < 4.78 is 11.6. The Bertz CT molecular complexity index is 1120. The minimum absolute atomic E-state index is 0.142. The zero-order chi connectivity index (χ0) is 21.3. The van der Waals surface area contributed by atoms with Gasteiger partial charge in [-0.2, -0.15) is 0 Å². The van der Waals surface area contributed by atoms with Gasteiger partial charge in [0, 0.05) is 0 Å². The van der Waals surface area contributed by atoms with Crippen LogP contribution < -0.4 is 15.1 Å². The van der Waals surface area contributed by atoms with E-state index in [4.69, 9.17) is 9.15 Å². The Hall–Kier alpha value is -3.12. The van der Waals surface area contributed by atoms with E-state index in [0.29, 0.717) is 29.7 Å². The van der Waals surface area contributed by atoms with E-state index in [2.05, 4.69) is 6.92 Å². The molecule has 6 nitrogen and oxygen atoms in total. The highest BCUT2D eigenvalue weighted by Crippen LogP contribution is 2.38. The maximum absolute atomic E-state index is 13.4. The first-order chi connectivity index (χ1) is 14.5. The largest absolute Gasteiger partial charge is 0.494 e. The molecule has 0 saturated heterocycles. The van der Waals surface area contributed by atoms with Crippen LogP contribution in [-0.4, -0.2) is 44.6 Å². The van der Waals surface area contributed by atoms with Crippen LogP contribution in [0.25, 0.3) is 11.0 Å². The number of amides is 1. The molecule has 4 rings (SSSR count). The third kappa shape index (κ3) is 3.59. The summed E-state index contributed by atoms with van der Waals surface area (Å²) in [5.74, 6) is 0.703. The first-order valence-electron chi connectivity index (χ1n) is 10.4. The van der Waals surface area contributed by atoms with Crippen molar-refractivity contribution >= 4 is 16.9 Å². The van der Waals surface area contributed by atoms with Crippen molar-refractivity contribution in [2.45, 2.75) is 19.4 Å². The number of quaternary nitrogens is 1. The van der Waals surface area contributed by atoms with Crippen LogP contribution >= 0.6 is 0 Å². The number of benzene rings is 2. The average molecular weight is 407 g/mol. The van der Waals surface area contributed by atoms with Crippen molar-refractivity contribution in [3.05, 3.63) is 75.6 Å². The molecule has 2 heterocycles. The number of para-hydroxylation sites is 1. The first kappa shape index (κ1) is 20.2. The highest BCUT2D eigenvalue weighted by atomic mass is 16.5. The van der Waals surface area contributed by atoms with Gasteiger partial charge < -0.3 is 19.0 Å². The molecule has 3 aromatic rings. The third-order valence-electron chi connectivity index (χ3n) is 5.39. The van der Waals surface area contributed by atoms with Crippen molar-refractivity contribution in [3.63, 3.8) is 0 Å². The lowest BCUT2D eigenvalue weighted by molar-refractivity contribution is -0.857. The molecule has 1 aromatic heterocycles. The van der Waals surface area contributed by atoms with Crippen molar-refractivity contribution in [1.82, 2.24) is 4.90 Å². The van der Waals surface area contributed by atoms with Crippen LogP contribution in [0, 0.1) is 0 Å². The summed E-state index contributed by atoms with van der Waals surface area (Å²) >= 11 is 0. The zero-order valence-electron chi connectivity index (χ0n) is 17.6. The van der Waals surface area contributed by atoms with E-state index in [1.807, 2.05) is 44.4 Å². The summed E-state index contributed by atoms with van der Waals surface area (Å²) in [5.41, 5.74) is 1.60. The number of carbonyl (C=O) groups is 1. The van der Waals surface area contributed by atoms with Gasteiger partial charge in [-0.05, 0) is 36.2 Å². The molecule has 0 saturated carbocycles. The molecule has 1 aliphatic heterocycles. The number of likely N-dealkylation sites (N-methyl/N-ethyl adjacent to an activating group) is 1. The fourth-order valence-corrected chi connectivity index (χ4v) is 3.85. The predicted molar refractivity (Wildman–Crippen MR) is 115 cm³/mol. The maximum atomic E-state index is 13.4. The Morgan fingerprint density at radius 2 is 1.80 bits per heavy atom. The van der Waals surface area contributed by atoms with E-state index in [0.717, 1.165) is 24.3 Å². The number of rotatable bonds is 7. The van der Waals surface area contributed by atoms with E-state index >= 15 is 0 Å². The van der Waals surface area contributed by atoms with Crippen molar-refractivity contribution in [1.29, 1.82) is 0 Å². The van der Waals surface area contributed by atoms with Gasteiger partial charge in [0.2, 0.25) is 5.76 Å². The Morgan fingerprint density at radius 3 is 2.50 bits per heavy atom. The summed E-state index contributed by atoms with van der Waals surface area (Å²) in [6.07, 6.45) is 0.932. The molecule has 30 heavy (non-hydrogen) atoms. The fraction of sp³-hybridized carbons (Fsp3) is 0.333. The van der Waals surface area contributed by atoms with Crippen molar-refractivity contribution < 1.29 is 18.8 Å². The average Bonchev–Trinajstić information content (AvgIpc) is 3.03. The van der Waals surface area contributed by atoms with Gasteiger partial charge in [0.05, 0.1) is 50.8 Å². The van der Waals surface area contributed by atoms with Gasteiger partial charge in [-0.3, -0.25) is 9.59 Å². The number of carbonyl (C=O) groups excluding carboxylic acids is 1. The van der Waals surface area contributed by atoms with Gasteiger partial charge >= 0.3 is 0 Å². The van der Waals surface area contributed by atoms with Crippen LogP contribution in [0.5, 0.6) is 5.75 Å². The second kappa shape index (κ2) is 8.32. The number of ether oxygens (including phenoxy) is 1. The molecule has 1 amide bonds. The Morgan fingerprint density at radius 1 is 1.07 bits per heavy atom. The second-order valence-electron chi connectivity index (χ2n) is 7.95. The molecule has 156 valence electrons. The quantitative estimate of drug-likeness (QED) is 0.653. The molecule has 6 heteroatoms. The SMILES string of the molecule is CCCOc1ccc([C@@H]2c3c(oc4ccccc4c3=O)C(=O)N2CC[NH+](C)C)cc1. The van der Waals surface area contributed by atoms with Gasteiger partial charge in [0.1, 0.15) is 11.3 Å². The normalized spacial score (nSPS) is 15.8. The molecule has 2 aromatic carbocycles. The number of nitrogens with one attached hydrogen (secondary N) is 1. The van der Waals surface area contributed by atoms with E-state index in [1.54, 1.807) is 23.1 Å². The summed E-state index contributed by atoms with van der Waals surface area (Å²) in [6.45, 7) is 4.00. The number of nitrogens with zero attached hydrogens (tertiary/aromatic N) is 1. The van der Waals surface area contributed by atoms with Gasteiger partial charge in [-0.25, -0.2) is 0 Å². The second-order valence-corrected chi connectivity index (χ2v) is 7.95. The number of hydrogen-bond acceptors (Lipinski definition) is 4. The minimum Gasteiger partial charge on any atom is -0.494 e. The van der Waals surface area contributed by atoms with Gasteiger partial charge in [0.25, 0.3) is 5.91 Å². The lowest BCUT2D eigenvalue weighted by Gasteiger charge is -2.25. The Balaban J connectivity index is 1.82. The van der Waals surface area contributed by atoms with Crippen molar-refractivity contribution in [3.8, 4) is 5.75 Å². The molecular weight excluding hydrogens is 380 g/mol. The molecular formula is C24H27N2O4+. The van der Waals surface area contributed by atoms with E-state index in [-0.39, 0.29) is 17.1 Å². The van der Waals surface area contributed by atoms with Crippen molar-refractivity contribution in [2.75, 3.05) is 33.8 Å². The molecule has 0 aliphatic carbocycles. The number of hydrogen-bond donors (Lipinski definition) is 1. The van der Waals surface area contributed by atoms with E-state index < -0.39 is 6.04 Å². The van der Waals surface area contributed by atoms with Crippen LogP contribution in [0.3, 0.4) is 0 Å². The lowest BCUT2D eigenvalue weighted by atomic mass is 9.98.